The number of benzene rings is 1. The van der Waals surface area contributed by atoms with Crippen LogP contribution in [0.3, 0.4) is 0 Å². The first kappa shape index (κ1) is 11.3. The summed E-state index contributed by atoms with van der Waals surface area (Å²) in [6.07, 6.45) is 1.43. The monoisotopic (exact) mass is 233 g/mol. The number of nitrogens with zero attached hydrogens (tertiary/aromatic N) is 2. The van der Waals surface area contributed by atoms with Crippen molar-refractivity contribution in [3.63, 3.8) is 0 Å². The van der Waals surface area contributed by atoms with E-state index in [0.717, 1.165) is 0 Å². The molecular weight excluding hydrogens is 221 g/mol. The van der Waals surface area contributed by atoms with Crippen LogP contribution < -0.4 is 5.32 Å². The highest BCUT2D eigenvalue weighted by Crippen LogP contribution is 2.16. The van der Waals surface area contributed by atoms with Gasteiger partial charge in [0.15, 0.2) is 0 Å². The number of rotatable bonds is 2. The van der Waals surface area contributed by atoms with Gasteiger partial charge >= 0.3 is 0 Å². The molecule has 4 nitrogen and oxygen atoms in total. The van der Waals surface area contributed by atoms with Gasteiger partial charge in [-0.05, 0) is 19.1 Å². The molecule has 0 saturated carbocycles. The topological polar surface area (TPSA) is 46.9 Å². The third-order valence-corrected chi connectivity index (χ3v) is 2.56. The van der Waals surface area contributed by atoms with E-state index in [1.165, 1.54) is 16.9 Å². The SMILES string of the molecule is CNC(=O)c1cnn(-c2ccccc2F)c1C. The number of amides is 1. The van der Waals surface area contributed by atoms with Gasteiger partial charge in [0, 0.05) is 7.05 Å². The number of hydrogen-bond acceptors (Lipinski definition) is 2. The van der Waals surface area contributed by atoms with E-state index in [9.17, 15) is 9.18 Å². The summed E-state index contributed by atoms with van der Waals surface area (Å²) >= 11 is 0. The maximum atomic E-state index is 13.6. The number of halogens is 1. The molecule has 0 saturated heterocycles. The normalized spacial score (nSPS) is 10.3. The van der Waals surface area contributed by atoms with Crippen LogP contribution in [0, 0.1) is 12.7 Å². The summed E-state index contributed by atoms with van der Waals surface area (Å²) < 4.78 is 15.0. The maximum absolute atomic E-state index is 13.6. The van der Waals surface area contributed by atoms with Crippen molar-refractivity contribution in [1.82, 2.24) is 15.1 Å². The van der Waals surface area contributed by atoms with Crippen molar-refractivity contribution in [3.8, 4) is 5.69 Å². The number of aromatic nitrogens is 2. The van der Waals surface area contributed by atoms with Crippen LogP contribution in [0.1, 0.15) is 16.1 Å². The van der Waals surface area contributed by atoms with Crippen molar-refractivity contribution < 1.29 is 9.18 Å². The summed E-state index contributed by atoms with van der Waals surface area (Å²) in [5.41, 5.74) is 1.38. The average Bonchev–Trinajstić information content (AvgIpc) is 2.71. The van der Waals surface area contributed by atoms with Crippen molar-refractivity contribution in [2.45, 2.75) is 6.92 Å². The van der Waals surface area contributed by atoms with Gasteiger partial charge in [-0.2, -0.15) is 5.10 Å². The van der Waals surface area contributed by atoms with Crippen LogP contribution in [-0.2, 0) is 0 Å². The highest BCUT2D eigenvalue weighted by molar-refractivity contribution is 5.94. The van der Waals surface area contributed by atoms with Gasteiger partial charge in [0.2, 0.25) is 0 Å². The summed E-state index contributed by atoms with van der Waals surface area (Å²) in [5.74, 6) is -0.604. The van der Waals surface area contributed by atoms with Crippen LogP contribution in [0.5, 0.6) is 0 Å². The molecular formula is C12H12FN3O. The maximum Gasteiger partial charge on any atom is 0.254 e. The Morgan fingerprint density at radius 2 is 2.12 bits per heavy atom. The molecule has 2 rings (SSSR count). The van der Waals surface area contributed by atoms with Crippen molar-refractivity contribution in [3.05, 3.63) is 47.5 Å². The fourth-order valence-corrected chi connectivity index (χ4v) is 1.63. The van der Waals surface area contributed by atoms with Crippen LogP contribution in [-0.4, -0.2) is 22.7 Å². The molecule has 17 heavy (non-hydrogen) atoms. The first-order valence-corrected chi connectivity index (χ1v) is 5.16. The molecule has 5 heteroatoms. The van der Waals surface area contributed by atoms with Crippen molar-refractivity contribution in [2.24, 2.45) is 0 Å². The summed E-state index contributed by atoms with van der Waals surface area (Å²) in [7, 11) is 1.54. The molecule has 0 aliphatic carbocycles. The summed E-state index contributed by atoms with van der Waals surface area (Å²) in [4.78, 5) is 11.5. The molecule has 1 aromatic heterocycles. The van der Waals surface area contributed by atoms with Gasteiger partial charge in [-0.1, -0.05) is 12.1 Å². The first-order valence-electron chi connectivity index (χ1n) is 5.16. The van der Waals surface area contributed by atoms with E-state index >= 15 is 0 Å². The van der Waals surface area contributed by atoms with Crippen molar-refractivity contribution >= 4 is 5.91 Å². The van der Waals surface area contributed by atoms with Gasteiger partial charge in [0.05, 0.1) is 17.5 Å². The zero-order valence-corrected chi connectivity index (χ0v) is 9.57. The van der Waals surface area contributed by atoms with Gasteiger partial charge in [-0.25, -0.2) is 9.07 Å². The lowest BCUT2D eigenvalue weighted by atomic mass is 10.2. The molecule has 1 N–H and O–H groups in total. The molecule has 0 aliphatic heterocycles. The van der Waals surface area contributed by atoms with Crippen LogP contribution in [0.15, 0.2) is 30.5 Å². The molecule has 0 aliphatic rings. The summed E-state index contributed by atoms with van der Waals surface area (Å²) in [5, 5.41) is 6.55. The van der Waals surface area contributed by atoms with Crippen molar-refractivity contribution in [1.29, 1.82) is 0 Å². The lowest BCUT2D eigenvalue weighted by Gasteiger charge is -2.06. The van der Waals surface area contributed by atoms with E-state index < -0.39 is 0 Å². The molecule has 0 bridgehead atoms. The van der Waals surface area contributed by atoms with E-state index in [1.807, 2.05) is 0 Å². The molecule has 1 amide bonds. The molecule has 88 valence electrons. The minimum absolute atomic E-state index is 0.231. The lowest BCUT2D eigenvalue weighted by Crippen LogP contribution is -2.18. The average molecular weight is 233 g/mol. The number of carbonyl (C=O) groups excluding carboxylic acids is 1. The zero-order valence-electron chi connectivity index (χ0n) is 9.57. The second-order valence-corrected chi connectivity index (χ2v) is 3.59. The van der Waals surface area contributed by atoms with E-state index in [0.29, 0.717) is 16.9 Å². The highest BCUT2D eigenvalue weighted by atomic mass is 19.1. The van der Waals surface area contributed by atoms with E-state index in [2.05, 4.69) is 10.4 Å². The number of nitrogens with one attached hydrogen (secondary N) is 1. The summed E-state index contributed by atoms with van der Waals surface area (Å²) in [6.45, 7) is 1.73. The molecule has 0 atom stereocenters. The molecule has 2 aromatic rings. The number of carbonyl (C=O) groups is 1. The summed E-state index contributed by atoms with van der Waals surface area (Å²) in [6, 6.07) is 6.30. The molecule has 0 unspecified atom stereocenters. The Morgan fingerprint density at radius 1 is 1.41 bits per heavy atom. The van der Waals surface area contributed by atoms with Gasteiger partial charge in [-0.15, -0.1) is 0 Å². The smallest absolute Gasteiger partial charge is 0.254 e. The molecule has 1 heterocycles. The van der Waals surface area contributed by atoms with Gasteiger partial charge in [0.25, 0.3) is 5.91 Å². The minimum atomic E-state index is -0.373. The Hall–Kier alpha value is -2.17. The highest BCUT2D eigenvalue weighted by Gasteiger charge is 2.15. The van der Waals surface area contributed by atoms with Gasteiger partial charge in [0.1, 0.15) is 11.5 Å². The Morgan fingerprint density at radius 3 is 2.76 bits per heavy atom. The Labute approximate surface area is 98.1 Å². The number of para-hydroxylation sites is 1. The van der Waals surface area contributed by atoms with E-state index in [-0.39, 0.29) is 11.7 Å². The lowest BCUT2D eigenvalue weighted by molar-refractivity contribution is 0.0962. The fraction of sp³-hybridized carbons (Fsp3) is 0.167. The third kappa shape index (κ3) is 1.91. The van der Waals surface area contributed by atoms with Crippen LogP contribution in [0.25, 0.3) is 5.69 Å². The minimum Gasteiger partial charge on any atom is -0.355 e. The predicted octanol–water partition coefficient (Wildman–Crippen LogP) is 1.68. The standard InChI is InChI=1S/C12H12FN3O/c1-8-9(12(17)14-2)7-15-16(8)11-6-4-3-5-10(11)13/h3-7H,1-2H3,(H,14,17). The zero-order chi connectivity index (χ0) is 12.4. The van der Waals surface area contributed by atoms with E-state index in [1.54, 1.807) is 32.2 Å². The van der Waals surface area contributed by atoms with Gasteiger partial charge in [-0.3, -0.25) is 4.79 Å². The largest absolute Gasteiger partial charge is 0.355 e. The van der Waals surface area contributed by atoms with E-state index in [4.69, 9.17) is 0 Å². The Kier molecular flexibility index (Phi) is 2.91. The van der Waals surface area contributed by atoms with Crippen molar-refractivity contribution in [2.75, 3.05) is 7.05 Å². The molecule has 0 radical (unpaired) electrons. The van der Waals surface area contributed by atoms with Crippen LogP contribution in [0.4, 0.5) is 4.39 Å². The van der Waals surface area contributed by atoms with Gasteiger partial charge < -0.3 is 5.32 Å². The number of hydrogen-bond donors (Lipinski definition) is 1. The fourth-order valence-electron chi connectivity index (χ4n) is 1.63. The quantitative estimate of drug-likeness (QED) is 0.857. The molecule has 1 aromatic carbocycles. The first-order chi connectivity index (χ1) is 8.15. The predicted molar refractivity (Wildman–Crippen MR) is 61.6 cm³/mol. The second-order valence-electron chi connectivity index (χ2n) is 3.59. The molecule has 0 spiro atoms. The van der Waals surface area contributed by atoms with Crippen LogP contribution in [0.2, 0.25) is 0 Å². The third-order valence-electron chi connectivity index (χ3n) is 2.56. The molecule has 0 fully saturated rings. The Bertz CT molecular complexity index is 563. The second kappa shape index (κ2) is 4.37. The van der Waals surface area contributed by atoms with Crippen LogP contribution >= 0.6 is 0 Å². The Balaban J connectivity index is 2.52.